The maximum atomic E-state index is 16.7. The highest BCUT2D eigenvalue weighted by Gasteiger charge is 2.37. The van der Waals surface area contributed by atoms with Crippen molar-refractivity contribution in [3.05, 3.63) is 35.9 Å². The van der Waals surface area contributed by atoms with E-state index in [1.807, 2.05) is 0 Å². The second-order valence-electron chi connectivity index (χ2n) is 14.9. The minimum Gasteiger partial charge on any atom is -0.474 e. The van der Waals surface area contributed by atoms with E-state index in [2.05, 4.69) is 25.5 Å². The molecule has 1 aromatic carbocycles. The van der Waals surface area contributed by atoms with E-state index in [-0.39, 0.29) is 47.6 Å². The van der Waals surface area contributed by atoms with Crippen LogP contribution in [0.25, 0.3) is 21.9 Å². The summed E-state index contributed by atoms with van der Waals surface area (Å²) in [4.78, 5) is 51.6. The minimum atomic E-state index is -0.869. The van der Waals surface area contributed by atoms with E-state index < -0.39 is 35.3 Å². The predicted octanol–water partition coefficient (Wildman–Crippen LogP) is 6.64. The Hall–Kier alpha value is -4.76. The lowest BCUT2D eigenvalue weighted by Gasteiger charge is -2.43. The number of carbonyl (C=O) groups is 3. The molecule has 2 aromatic heterocycles. The first-order chi connectivity index (χ1) is 24.1. The van der Waals surface area contributed by atoms with Crippen LogP contribution in [-0.4, -0.2) is 96.0 Å². The van der Waals surface area contributed by atoms with Crippen molar-refractivity contribution < 1.29 is 42.5 Å². The van der Waals surface area contributed by atoms with Crippen molar-refractivity contribution >= 4 is 46.2 Å². The highest BCUT2D eigenvalue weighted by Crippen LogP contribution is 2.43. The first-order valence-corrected chi connectivity index (χ1v) is 17.1. The van der Waals surface area contributed by atoms with Crippen LogP contribution in [0.15, 0.2) is 24.5 Å². The number of amides is 3. The summed E-state index contributed by atoms with van der Waals surface area (Å²) < 4.78 is 44.6. The molecule has 0 bridgehead atoms. The summed E-state index contributed by atoms with van der Waals surface area (Å²) in [7, 11) is 0. The monoisotopic (exact) mass is 708 g/mol. The molecule has 6 rings (SSSR count). The van der Waals surface area contributed by atoms with Gasteiger partial charge in [0.25, 0.3) is 0 Å². The van der Waals surface area contributed by atoms with Crippen LogP contribution in [0.1, 0.15) is 59.9 Å². The Kier molecular flexibility index (Phi) is 9.97. The maximum absolute atomic E-state index is 16.7. The number of pyridine rings is 2. The summed E-state index contributed by atoms with van der Waals surface area (Å²) in [5.41, 5.74) is -0.531. The molecular weight excluding hydrogens is 663 g/mol. The van der Waals surface area contributed by atoms with Gasteiger partial charge < -0.3 is 23.7 Å². The zero-order valence-electron chi connectivity index (χ0n) is 30.1. The SMILES string of the molecule is Cc1c(-c2cc3cc(NC(=O)O[C@H]4C[C@@H](N5CCOCC5)C4)ncc3c(NC(=O)OC(C)(C)C)c2F)cnc2c1N(C(=O)OC(C)(C)C)CCO2. The van der Waals surface area contributed by atoms with Crippen molar-refractivity contribution in [2.24, 2.45) is 0 Å². The van der Waals surface area contributed by atoms with E-state index in [0.29, 0.717) is 41.5 Å². The Balaban J connectivity index is 1.32. The fraction of sp³-hybridized carbons (Fsp3) is 0.528. The van der Waals surface area contributed by atoms with E-state index in [1.165, 1.54) is 17.3 Å². The number of ether oxygens (including phenoxy) is 5. The largest absolute Gasteiger partial charge is 0.474 e. The molecule has 3 aromatic rings. The van der Waals surface area contributed by atoms with Gasteiger partial charge in [0.05, 0.1) is 25.4 Å². The number of halogens is 1. The number of nitrogens with one attached hydrogen (secondary N) is 2. The maximum Gasteiger partial charge on any atom is 0.415 e. The zero-order valence-corrected chi connectivity index (χ0v) is 30.1. The summed E-state index contributed by atoms with van der Waals surface area (Å²) in [6, 6.07) is 3.49. The molecule has 15 heteroatoms. The quantitative estimate of drug-likeness (QED) is 0.274. The normalized spacial score (nSPS) is 19.3. The summed E-state index contributed by atoms with van der Waals surface area (Å²) >= 11 is 0. The van der Waals surface area contributed by atoms with Gasteiger partial charge in [-0.05, 0) is 71.5 Å². The second-order valence-corrected chi connectivity index (χ2v) is 14.9. The van der Waals surface area contributed by atoms with Crippen LogP contribution in [0, 0.1) is 12.7 Å². The van der Waals surface area contributed by atoms with Gasteiger partial charge in [-0.1, -0.05) is 0 Å². The first kappa shape index (κ1) is 36.0. The Labute approximate surface area is 295 Å². The first-order valence-electron chi connectivity index (χ1n) is 17.1. The lowest BCUT2D eigenvalue weighted by molar-refractivity contribution is -0.0477. The van der Waals surface area contributed by atoms with Crippen LogP contribution in [0.3, 0.4) is 0 Å². The number of aromatic nitrogens is 2. The van der Waals surface area contributed by atoms with E-state index in [0.717, 1.165) is 25.9 Å². The molecule has 0 unspecified atom stereocenters. The summed E-state index contributed by atoms with van der Waals surface area (Å²) in [6.45, 7) is 15.7. The van der Waals surface area contributed by atoms with Gasteiger partial charge in [-0.2, -0.15) is 0 Å². The highest BCUT2D eigenvalue weighted by molar-refractivity contribution is 6.05. The Bertz CT molecular complexity index is 1830. The van der Waals surface area contributed by atoms with Gasteiger partial charge in [0.1, 0.15) is 35.4 Å². The number of hydrogen-bond donors (Lipinski definition) is 2. The molecule has 14 nitrogen and oxygen atoms in total. The average Bonchev–Trinajstić information content (AvgIpc) is 3.02. The molecule has 2 fully saturated rings. The third kappa shape index (κ3) is 8.25. The molecule has 2 aliphatic heterocycles. The fourth-order valence-electron chi connectivity index (χ4n) is 6.33. The number of fused-ring (bicyclic) bond motifs is 2. The third-order valence-corrected chi connectivity index (χ3v) is 8.72. The molecule has 0 spiro atoms. The van der Waals surface area contributed by atoms with Crippen LogP contribution >= 0.6 is 0 Å². The van der Waals surface area contributed by atoms with Gasteiger partial charge in [0, 0.05) is 60.9 Å². The second kappa shape index (κ2) is 14.1. The molecule has 3 aliphatic rings. The molecule has 0 atom stereocenters. The molecular formula is C36H45FN6O8. The topological polar surface area (TPSA) is 154 Å². The van der Waals surface area contributed by atoms with Crippen molar-refractivity contribution in [1.82, 2.24) is 14.9 Å². The van der Waals surface area contributed by atoms with Crippen LogP contribution < -0.4 is 20.3 Å². The van der Waals surface area contributed by atoms with Crippen molar-refractivity contribution in [3.63, 3.8) is 0 Å². The van der Waals surface area contributed by atoms with Crippen LogP contribution in [0.5, 0.6) is 5.88 Å². The number of hydrogen-bond acceptors (Lipinski definition) is 11. The standard InChI is InChI=1S/C36H45FN6O8/c1-20-25(18-39-31-30(20)43(10-13-48-31)34(46)51-36(5,6)7)24-14-21-15-27(38-19-26(21)29(28(24)37)41-33(45)50-35(2,3)4)40-32(44)49-23-16-22(17-23)42-8-11-47-12-9-42/h14-15,18-19,22-23H,8-13,16-17H2,1-7H3,(H,41,45)(H,38,40,44)/t22-,23+. The minimum absolute atomic E-state index is 0.0689. The van der Waals surface area contributed by atoms with Crippen molar-refractivity contribution in [2.45, 2.75) is 84.7 Å². The van der Waals surface area contributed by atoms with Gasteiger partial charge in [-0.3, -0.25) is 20.4 Å². The van der Waals surface area contributed by atoms with E-state index in [4.69, 9.17) is 23.7 Å². The third-order valence-electron chi connectivity index (χ3n) is 8.72. The molecule has 2 N–H and O–H groups in total. The van der Waals surface area contributed by atoms with Crippen molar-refractivity contribution in [2.75, 3.05) is 55.0 Å². The van der Waals surface area contributed by atoms with Crippen LogP contribution in [0.2, 0.25) is 0 Å². The molecule has 1 saturated heterocycles. The Morgan fingerprint density at radius 1 is 0.882 bits per heavy atom. The fourth-order valence-corrected chi connectivity index (χ4v) is 6.33. The van der Waals surface area contributed by atoms with E-state index in [1.54, 1.807) is 60.6 Å². The number of benzene rings is 1. The summed E-state index contributed by atoms with van der Waals surface area (Å²) in [5.74, 6) is -0.402. The lowest BCUT2D eigenvalue weighted by atomic mass is 9.87. The number of carbonyl (C=O) groups excluding carboxylic acids is 3. The van der Waals surface area contributed by atoms with Gasteiger partial charge in [-0.25, -0.2) is 28.7 Å². The summed E-state index contributed by atoms with van der Waals surface area (Å²) in [6.07, 6.45) is 1.97. The molecule has 4 heterocycles. The van der Waals surface area contributed by atoms with Gasteiger partial charge in [0.15, 0.2) is 5.82 Å². The van der Waals surface area contributed by atoms with Crippen LogP contribution in [0.4, 0.5) is 36.0 Å². The zero-order chi connectivity index (χ0) is 36.7. The number of anilines is 3. The number of rotatable bonds is 5. The number of nitrogens with zero attached hydrogens (tertiary/aromatic N) is 4. The predicted molar refractivity (Wildman–Crippen MR) is 188 cm³/mol. The van der Waals surface area contributed by atoms with Crippen molar-refractivity contribution in [1.29, 1.82) is 0 Å². The van der Waals surface area contributed by atoms with E-state index in [9.17, 15) is 14.4 Å². The average molecular weight is 709 g/mol. The van der Waals surface area contributed by atoms with Gasteiger partial charge in [0.2, 0.25) is 5.88 Å². The van der Waals surface area contributed by atoms with Crippen LogP contribution in [-0.2, 0) is 18.9 Å². The molecule has 274 valence electrons. The van der Waals surface area contributed by atoms with E-state index >= 15 is 4.39 Å². The summed E-state index contributed by atoms with van der Waals surface area (Å²) in [5, 5.41) is 5.94. The Morgan fingerprint density at radius 2 is 1.59 bits per heavy atom. The number of morpholine rings is 1. The highest BCUT2D eigenvalue weighted by atomic mass is 19.1. The lowest BCUT2D eigenvalue weighted by Crippen LogP contribution is -2.52. The molecule has 0 radical (unpaired) electrons. The Morgan fingerprint density at radius 3 is 2.27 bits per heavy atom. The molecule has 1 aliphatic carbocycles. The molecule has 51 heavy (non-hydrogen) atoms. The van der Waals surface area contributed by atoms with Crippen molar-refractivity contribution in [3.8, 4) is 17.0 Å². The smallest absolute Gasteiger partial charge is 0.415 e. The molecule has 1 saturated carbocycles. The van der Waals surface area contributed by atoms with Gasteiger partial charge >= 0.3 is 18.3 Å². The van der Waals surface area contributed by atoms with Gasteiger partial charge in [-0.15, -0.1) is 0 Å². The molecule has 3 amide bonds.